The highest BCUT2D eigenvalue weighted by Crippen LogP contribution is 2.49. The van der Waals surface area contributed by atoms with Gasteiger partial charge in [0.25, 0.3) is 0 Å². The zero-order valence-electron chi connectivity index (χ0n) is 20.2. The number of imidazole rings is 1. The first-order chi connectivity index (χ1) is 17.5. The second kappa shape index (κ2) is 9.70. The highest BCUT2D eigenvalue weighted by atomic mass is 16.5. The maximum Gasteiger partial charge on any atom is 0.413 e. The molecule has 1 amide bonds. The molecular weight excluding hydrogens is 454 g/mol. The van der Waals surface area contributed by atoms with Gasteiger partial charge in [0.05, 0.1) is 18.9 Å². The average molecular weight is 482 g/mol. The number of carbonyl (C=O) groups excluding carboxylic acids is 2. The van der Waals surface area contributed by atoms with Gasteiger partial charge < -0.3 is 14.0 Å². The monoisotopic (exact) mass is 481 g/mol. The first-order valence-corrected chi connectivity index (χ1v) is 11.8. The molecule has 1 fully saturated rings. The molecule has 0 radical (unpaired) electrons. The minimum atomic E-state index is -0.541. The van der Waals surface area contributed by atoms with Crippen molar-refractivity contribution in [3.8, 4) is 22.4 Å². The van der Waals surface area contributed by atoms with E-state index in [2.05, 4.69) is 10.3 Å². The summed E-state index contributed by atoms with van der Waals surface area (Å²) in [7, 11) is 3.26. The van der Waals surface area contributed by atoms with E-state index in [4.69, 9.17) is 9.47 Å². The quantitative estimate of drug-likeness (QED) is 0.342. The van der Waals surface area contributed by atoms with Gasteiger partial charge in [-0.3, -0.25) is 10.1 Å². The third-order valence-electron chi connectivity index (χ3n) is 6.63. The molecule has 182 valence electrons. The van der Waals surface area contributed by atoms with Crippen molar-refractivity contribution in [3.05, 3.63) is 96.3 Å². The SMILES string of the molecule is COC(=O)C1(c2ccc(-c3ccc(-c4ncn(C)c4NC(=O)OCc4ccccc4)cc3)cc2)CC1. The number of hydrogen-bond donors (Lipinski definition) is 1. The van der Waals surface area contributed by atoms with Crippen LogP contribution in [0.2, 0.25) is 0 Å². The summed E-state index contributed by atoms with van der Waals surface area (Å²) in [5, 5.41) is 2.82. The third kappa shape index (κ3) is 4.60. The number of nitrogens with one attached hydrogen (secondary N) is 1. The number of carbonyl (C=O) groups is 2. The van der Waals surface area contributed by atoms with Crippen LogP contribution in [-0.4, -0.2) is 28.7 Å². The molecule has 5 rings (SSSR count). The van der Waals surface area contributed by atoms with Crippen molar-refractivity contribution in [2.24, 2.45) is 7.05 Å². The normalized spacial score (nSPS) is 13.6. The summed E-state index contributed by atoms with van der Waals surface area (Å²) >= 11 is 0. The van der Waals surface area contributed by atoms with Gasteiger partial charge >= 0.3 is 12.1 Å². The number of nitrogens with zero attached hydrogens (tertiary/aromatic N) is 2. The number of aromatic nitrogens is 2. The van der Waals surface area contributed by atoms with Crippen LogP contribution >= 0.6 is 0 Å². The van der Waals surface area contributed by atoms with Gasteiger partial charge in [0.15, 0.2) is 0 Å². The van der Waals surface area contributed by atoms with E-state index in [0.29, 0.717) is 11.5 Å². The Hall–Kier alpha value is -4.39. The van der Waals surface area contributed by atoms with E-state index < -0.39 is 11.5 Å². The molecule has 1 aliphatic carbocycles. The van der Waals surface area contributed by atoms with Crippen molar-refractivity contribution in [2.75, 3.05) is 12.4 Å². The smallest absolute Gasteiger partial charge is 0.413 e. The van der Waals surface area contributed by atoms with Crippen molar-refractivity contribution in [2.45, 2.75) is 24.9 Å². The summed E-state index contributed by atoms with van der Waals surface area (Å²) in [6, 6.07) is 25.6. The Morgan fingerprint density at radius 1 is 0.917 bits per heavy atom. The molecule has 7 heteroatoms. The molecule has 1 aliphatic rings. The Bertz CT molecular complexity index is 1370. The molecule has 1 heterocycles. The predicted octanol–water partition coefficient (Wildman–Crippen LogP) is 5.71. The average Bonchev–Trinajstić information content (AvgIpc) is 3.66. The van der Waals surface area contributed by atoms with Crippen LogP contribution in [0, 0.1) is 0 Å². The topological polar surface area (TPSA) is 82.5 Å². The number of esters is 1. The van der Waals surface area contributed by atoms with Gasteiger partial charge in [0, 0.05) is 12.6 Å². The number of hydrogen-bond acceptors (Lipinski definition) is 5. The van der Waals surface area contributed by atoms with E-state index in [0.717, 1.165) is 40.7 Å². The lowest BCUT2D eigenvalue weighted by Gasteiger charge is -2.13. The molecule has 1 saturated carbocycles. The molecule has 1 aromatic heterocycles. The van der Waals surface area contributed by atoms with Crippen LogP contribution in [0.3, 0.4) is 0 Å². The summed E-state index contributed by atoms with van der Waals surface area (Å²) in [6.07, 6.45) is 2.77. The molecule has 36 heavy (non-hydrogen) atoms. The summed E-state index contributed by atoms with van der Waals surface area (Å²) in [6.45, 7) is 0.189. The van der Waals surface area contributed by atoms with Crippen molar-refractivity contribution in [1.29, 1.82) is 0 Å². The minimum Gasteiger partial charge on any atom is -0.468 e. The number of aryl methyl sites for hydroxylation is 1. The van der Waals surface area contributed by atoms with Gasteiger partial charge in [-0.2, -0.15) is 0 Å². The number of anilines is 1. The summed E-state index contributed by atoms with van der Waals surface area (Å²) in [4.78, 5) is 29.1. The van der Waals surface area contributed by atoms with Crippen LogP contribution in [0.25, 0.3) is 22.4 Å². The predicted molar refractivity (Wildman–Crippen MR) is 137 cm³/mol. The number of amides is 1. The van der Waals surface area contributed by atoms with Crippen LogP contribution in [0.15, 0.2) is 85.2 Å². The van der Waals surface area contributed by atoms with Crippen LogP contribution in [0.4, 0.5) is 10.6 Å². The molecule has 0 spiro atoms. The van der Waals surface area contributed by atoms with Crippen molar-refractivity contribution in [3.63, 3.8) is 0 Å². The van der Waals surface area contributed by atoms with Crippen LogP contribution in [-0.2, 0) is 33.3 Å². The van der Waals surface area contributed by atoms with Crippen LogP contribution in [0.5, 0.6) is 0 Å². The molecule has 1 N–H and O–H groups in total. The van der Waals surface area contributed by atoms with E-state index in [1.165, 1.54) is 7.11 Å². The number of benzene rings is 3. The second-order valence-corrected chi connectivity index (χ2v) is 8.97. The van der Waals surface area contributed by atoms with E-state index in [1.807, 2.05) is 85.9 Å². The van der Waals surface area contributed by atoms with Gasteiger partial charge in [-0.1, -0.05) is 78.9 Å². The highest BCUT2D eigenvalue weighted by Gasteiger charge is 2.52. The van der Waals surface area contributed by atoms with E-state index in [9.17, 15) is 9.59 Å². The highest BCUT2D eigenvalue weighted by molar-refractivity contribution is 5.89. The Labute approximate surface area is 209 Å². The number of ether oxygens (including phenoxy) is 2. The van der Waals surface area contributed by atoms with E-state index in [-0.39, 0.29) is 12.6 Å². The van der Waals surface area contributed by atoms with Crippen LogP contribution in [0.1, 0.15) is 24.0 Å². The minimum absolute atomic E-state index is 0.164. The summed E-state index contributed by atoms with van der Waals surface area (Å²) in [5.41, 5.74) is 5.07. The largest absolute Gasteiger partial charge is 0.468 e. The molecule has 0 aliphatic heterocycles. The van der Waals surface area contributed by atoms with Crippen molar-refractivity contribution in [1.82, 2.24) is 9.55 Å². The molecule has 3 aromatic carbocycles. The Morgan fingerprint density at radius 2 is 1.53 bits per heavy atom. The summed E-state index contributed by atoms with van der Waals surface area (Å²) < 4.78 is 12.1. The molecule has 0 saturated heterocycles. The van der Waals surface area contributed by atoms with Crippen molar-refractivity contribution < 1.29 is 19.1 Å². The molecule has 0 unspecified atom stereocenters. The summed E-state index contributed by atoms with van der Waals surface area (Å²) in [5.74, 6) is 0.394. The number of rotatable bonds is 7. The molecule has 7 nitrogen and oxygen atoms in total. The Balaban J connectivity index is 1.29. The van der Waals surface area contributed by atoms with Gasteiger partial charge in [-0.15, -0.1) is 0 Å². The lowest BCUT2D eigenvalue weighted by molar-refractivity contribution is -0.143. The Morgan fingerprint density at radius 3 is 2.14 bits per heavy atom. The second-order valence-electron chi connectivity index (χ2n) is 8.97. The standard InChI is InChI=1S/C29H27N3O4/c1-32-19-30-25(26(32)31-28(34)36-18-20-6-4-3-5-7-20)23-10-8-21(9-11-23)22-12-14-24(15-13-22)29(16-17-29)27(33)35-2/h3-15,19H,16-18H2,1-2H3,(H,31,34). The fourth-order valence-electron chi connectivity index (χ4n) is 4.38. The van der Waals surface area contributed by atoms with Crippen molar-refractivity contribution >= 4 is 17.9 Å². The zero-order valence-corrected chi connectivity index (χ0v) is 20.2. The van der Waals surface area contributed by atoms with E-state index in [1.54, 1.807) is 10.9 Å². The van der Waals surface area contributed by atoms with Gasteiger partial charge in [0.1, 0.15) is 18.1 Å². The van der Waals surface area contributed by atoms with Gasteiger partial charge in [-0.25, -0.2) is 9.78 Å². The first-order valence-electron chi connectivity index (χ1n) is 11.8. The van der Waals surface area contributed by atoms with Crippen LogP contribution < -0.4 is 5.32 Å². The molecule has 0 bridgehead atoms. The maximum absolute atomic E-state index is 12.4. The molecule has 0 atom stereocenters. The lowest BCUT2D eigenvalue weighted by Crippen LogP contribution is -2.21. The maximum atomic E-state index is 12.4. The zero-order chi connectivity index (χ0) is 25.1. The first kappa shape index (κ1) is 23.4. The molecular formula is C29H27N3O4. The Kier molecular flexibility index (Phi) is 6.29. The fourth-order valence-corrected chi connectivity index (χ4v) is 4.38. The number of methoxy groups -OCH3 is 1. The molecule has 4 aromatic rings. The van der Waals surface area contributed by atoms with E-state index >= 15 is 0 Å². The third-order valence-corrected chi connectivity index (χ3v) is 6.63. The fraction of sp³-hybridized carbons (Fsp3) is 0.207. The van der Waals surface area contributed by atoms with Gasteiger partial charge in [-0.05, 0) is 35.1 Å². The van der Waals surface area contributed by atoms with Gasteiger partial charge in [0.2, 0.25) is 0 Å². The lowest BCUT2D eigenvalue weighted by atomic mass is 9.93.